The highest BCUT2D eigenvalue weighted by molar-refractivity contribution is 6.42. The molecule has 0 aliphatic carbocycles. The van der Waals surface area contributed by atoms with Crippen molar-refractivity contribution in [1.29, 1.82) is 5.41 Å². The lowest BCUT2D eigenvalue weighted by Crippen LogP contribution is -2.25. The average Bonchev–Trinajstić information content (AvgIpc) is 2.05. The van der Waals surface area contributed by atoms with Gasteiger partial charge in [-0.05, 0) is 6.92 Å². The molecule has 0 bridgehead atoms. The zero-order valence-corrected chi connectivity index (χ0v) is 8.23. The van der Waals surface area contributed by atoms with Crippen LogP contribution in [0.5, 0.6) is 0 Å². The molecule has 0 amide bonds. The summed E-state index contributed by atoms with van der Waals surface area (Å²) in [6, 6.07) is 0. The normalized spacial score (nSPS) is 10.8. The molecule has 0 saturated carbocycles. The Hall–Kier alpha value is -1.07. The lowest BCUT2D eigenvalue weighted by Gasteiger charge is -2.02. The van der Waals surface area contributed by atoms with Crippen molar-refractivity contribution < 1.29 is 9.53 Å². The maximum Gasteiger partial charge on any atom is 0.356 e. The number of hydrogen-bond donors (Lipinski definition) is 3. The van der Waals surface area contributed by atoms with Crippen LogP contribution in [0.15, 0.2) is 11.2 Å². The van der Waals surface area contributed by atoms with E-state index >= 15 is 0 Å². The molecule has 0 rings (SSSR count). The second-order valence-corrected chi connectivity index (χ2v) is 2.41. The number of halogens is 1. The summed E-state index contributed by atoms with van der Waals surface area (Å²) >= 11 is 5.56. The van der Waals surface area contributed by atoms with E-state index in [4.69, 9.17) is 17.0 Å². The predicted molar refractivity (Wildman–Crippen MR) is 50.5 cm³/mol. The molecule has 3 N–H and O–H groups in total. The molecule has 0 aliphatic rings. The molecule has 0 heterocycles. The van der Waals surface area contributed by atoms with Gasteiger partial charge in [0.1, 0.15) is 10.9 Å². The molecular formula is C7H12ClN3O2. The fourth-order valence-electron chi connectivity index (χ4n) is 0.550. The van der Waals surface area contributed by atoms with Crippen LogP contribution < -0.4 is 10.9 Å². The highest BCUT2D eigenvalue weighted by Gasteiger charge is 2.07. The topological polar surface area (TPSA) is 74.2 Å². The summed E-state index contributed by atoms with van der Waals surface area (Å²) in [6.07, 6.45) is 1.16. The summed E-state index contributed by atoms with van der Waals surface area (Å²) in [6.45, 7) is 1.91. The van der Waals surface area contributed by atoms with E-state index in [1.54, 1.807) is 14.0 Å². The Kier molecular flexibility index (Phi) is 5.92. The average molecular weight is 206 g/mol. The smallest absolute Gasteiger partial charge is 0.356 e. The van der Waals surface area contributed by atoms with Gasteiger partial charge in [0, 0.05) is 13.1 Å². The summed E-state index contributed by atoms with van der Waals surface area (Å²) < 4.78 is 4.57. The third-order valence-corrected chi connectivity index (χ3v) is 1.21. The number of carbonyl (C=O) groups excluding carboxylic acids is 1. The lowest BCUT2D eigenvalue weighted by atomic mass is 10.4. The van der Waals surface area contributed by atoms with Crippen molar-refractivity contribution in [3.63, 3.8) is 0 Å². The number of carbonyl (C=O) groups is 1. The molecule has 0 atom stereocenters. The molecule has 0 radical (unpaired) electrons. The van der Waals surface area contributed by atoms with Gasteiger partial charge in [-0.2, -0.15) is 0 Å². The van der Waals surface area contributed by atoms with Crippen molar-refractivity contribution in [2.45, 2.75) is 6.92 Å². The Morgan fingerprint density at radius 1 is 1.69 bits per heavy atom. The monoisotopic (exact) mass is 205 g/mol. The van der Waals surface area contributed by atoms with Crippen molar-refractivity contribution in [3.8, 4) is 0 Å². The molecule has 0 spiro atoms. The second kappa shape index (κ2) is 6.45. The van der Waals surface area contributed by atoms with E-state index < -0.39 is 5.97 Å². The number of hydrogen-bond acceptors (Lipinski definition) is 5. The van der Waals surface area contributed by atoms with Crippen molar-refractivity contribution in [1.82, 2.24) is 10.9 Å². The summed E-state index contributed by atoms with van der Waals surface area (Å²) in [5.74, 6) is -0.696. The Morgan fingerprint density at radius 2 is 2.31 bits per heavy atom. The number of esters is 1. The van der Waals surface area contributed by atoms with Gasteiger partial charge < -0.3 is 10.2 Å². The molecule has 6 heteroatoms. The number of hydrazine groups is 1. The molecule has 0 aromatic heterocycles. The SMILES string of the molecule is CCOC(=O)C(=N)/C=C(/Cl)NNC. The highest BCUT2D eigenvalue weighted by atomic mass is 35.5. The van der Waals surface area contributed by atoms with Crippen LogP contribution in [0.25, 0.3) is 0 Å². The van der Waals surface area contributed by atoms with Gasteiger partial charge in [-0.3, -0.25) is 5.41 Å². The van der Waals surface area contributed by atoms with Crippen LogP contribution in [0, 0.1) is 5.41 Å². The Labute approximate surface area is 81.6 Å². The first-order chi connectivity index (χ1) is 6.11. The first-order valence-corrected chi connectivity index (χ1v) is 4.05. The van der Waals surface area contributed by atoms with Crippen molar-refractivity contribution >= 4 is 23.3 Å². The molecular weight excluding hydrogens is 194 g/mol. The number of rotatable bonds is 5. The van der Waals surface area contributed by atoms with Gasteiger partial charge in [0.25, 0.3) is 0 Å². The molecule has 0 fully saturated rings. The first-order valence-electron chi connectivity index (χ1n) is 3.67. The fourth-order valence-corrected chi connectivity index (χ4v) is 0.754. The van der Waals surface area contributed by atoms with Gasteiger partial charge in [-0.15, -0.1) is 0 Å². The fraction of sp³-hybridized carbons (Fsp3) is 0.429. The standard InChI is InChI=1S/C7H12ClN3O2/c1-3-13-7(12)5(9)4-6(8)11-10-2/h4,9-11H,3H2,1-2H3/b6-4-,9-5?. The largest absolute Gasteiger partial charge is 0.461 e. The number of ether oxygens (including phenoxy) is 1. The quantitative estimate of drug-likeness (QED) is 0.263. The predicted octanol–water partition coefficient (Wildman–Crippen LogP) is 0.373. The van der Waals surface area contributed by atoms with Crippen molar-refractivity contribution in [2.75, 3.05) is 13.7 Å². The van der Waals surface area contributed by atoms with Crippen LogP contribution in [-0.4, -0.2) is 25.3 Å². The van der Waals surface area contributed by atoms with Crippen LogP contribution in [0.3, 0.4) is 0 Å². The summed E-state index contributed by atoms with van der Waals surface area (Å²) in [4.78, 5) is 10.9. The summed E-state index contributed by atoms with van der Waals surface area (Å²) in [5.41, 5.74) is 4.75. The molecule has 5 nitrogen and oxygen atoms in total. The van der Waals surface area contributed by atoms with Crippen LogP contribution in [-0.2, 0) is 9.53 Å². The molecule has 0 aromatic rings. The minimum Gasteiger partial charge on any atom is -0.461 e. The van der Waals surface area contributed by atoms with E-state index in [1.165, 1.54) is 0 Å². The summed E-state index contributed by atoms with van der Waals surface area (Å²) in [5, 5.41) is 7.36. The molecule has 0 saturated heterocycles. The van der Waals surface area contributed by atoms with E-state index in [1.807, 2.05) is 0 Å². The van der Waals surface area contributed by atoms with Crippen molar-refractivity contribution in [3.05, 3.63) is 11.2 Å². The third kappa shape index (κ3) is 5.21. The van der Waals surface area contributed by atoms with Gasteiger partial charge in [0.15, 0.2) is 0 Å². The van der Waals surface area contributed by atoms with Gasteiger partial charge in [-0.1, -0.05) is 11.6 Å². The first kappa shape index (κ1) is 11.9. The second-order valence-electron chi connectivity index (χ2n) is 2.00. The molecule has 0 unspecified atom stereocenters. The summed E-state index contributed by atoms with van der Waals surface area (Å²) in [7, 11) is 1.62. The van der Waals surface area contributed by atoms with E-state index in [2.05, 4.69) is 15.6 Å². The molecule has 74 valence electrons. The van der Waals surface area contributed by atoms with E-state index in [-0.39, 0.29) is 17.5 Å². The van der Waals surface area contributed by atoms with Gasteiger partial charge in [0.05, 0.1) is 6.61 Å². The van der Waals surface area contributed by atoms with E-state index in [9.17, 15) is 4.79 Å². The van der Waals surface area contributed by atoms with E-state index in [0.29, 0.717) is 0 Å². The minimum absolute atomic E-state index is 0.153. The molecule has 0 aromatic carbocycles. The van der Waals surface area contributed by atoms with Crippen LogP contribution >= 0.6 is 11.6 Å². The van der Waals surface area contributed by atoms with Gasteiger partial charge in [-0.25, -0.2) is 10.2 Å². The number of nitrogens with one attached hydrogen (secondary N) is 3. The van der Waals surface area contributed by atoms with Crippen molar-refractivity contribution in [2.24, 2.45) is 0 Å². The minimum atomic E-state index is -0.696. The zero-order chi connectivity index (χ0) is 10.3. The highest BCUT2D eigenvalue weighted by Crippen LogP contribution is 1.95. The third-order valence-electron chi connectivity index (χ3n) is 1.01. The lowest BCUT2D eigenvalue weighted by molar-refractivity contribution is -0.135. The van der Waals surface area contributed by atoms with Gasteiger partial charge in [0.2, 0.25) is 0 Å². The van der Waals surface area contributed by atoms with E-state index in [0.717, 1.165) is 6.08 Å². The van der Waals surface area contributed by atoms with Crippen LogP contribution in [0.4, 0.5) is 0 Å². The Balaban J connectivity index is 4.12. The Bertz CT molecular complexity index is 228. The molecule has 0 aliphatic heterocycles. The Morgan fingerprint density at radius 3 is 2.77 bits per heavy atom. The van der Waals surface area contributed by atoms with Crippen LogP contribution in [0.1, 0.15) is 6.92 Å². The maximum absolute atomic E-state index is 10.9. The van der Waals surface area contributed by atoms with Crippen LogP contribution in [0.2, 0.25) is 0 Å². The molecule has 13 heavy (non-hydrogen) atoms. The van der Waals surface area contributed by atoms with Gasteiger partial charge >= 0.3 is 5.97 Å². The zero-order valence-electron chi connectivity index (χ0n) is 7.48. The maximum atomic E-state index is 10.9.